The van der Waals surface area contributed by atoms with Crippen LogP contribution < -0.4 is 0 Å². The summed E-state index contributed by atoms with van der Waals surface area (Å²) in [5.41, 5.74) is 5.60. The Labute approximate surface area is 80.5 Å². The molecule has 0 radical (unpaired) electrons. The minimum absolute atomic E-state index is 0.0132. The highest BCUT2D eigenvalue weighted by molar-refractivity contribution is 5.54. The maximum atomic E-state index is 5.90. The third-order valence-corrected chi connectivity index (χ3v) is 4.40. The molecule has 1 aliphatic carbocycles. The van der Waals surface area contributed by atoms with E-state index in [1.807, 2.05) is 0 Å². The lowest BCUT2D eigenvalue weighted by Gasteiger charge is -2.25. The van der Waals surface area contributed by atoms with Crippen LogP contribution in [0.3, 0.4) is 0 Å². The van der Waals surface area contributed by atoms with Crippen molar-refractivity contribution in [3.63, 3.8) is 0 Å². The molecule has 0 amide bonds. The fraction of sp³-hybridized carbons (Fsp3) is 0.667. The van der Waals surface area contributed by atoms with Gasteiger partial charge >= 0.3 is 0 Å². The van der Waals surface area contributed by atoms with E-state index in [0.29, 0.717) is 0 Å². The topological polar surface area (TPSA) is 12.5 Å². The molecule has 1 nitrogen and oxygen atoms in total. The van der Waals surface area contributed by atoms with Crippen LogP contribution in [0.5, 0.6) is 0 Å². The Morgan fingerprint density at radius 2 is 1.08 bits per heavy atom. The molecule has 0 aromatic heterocycles. The summed E-state index contributed by atoms with van der Waals surface area (Å²) in [4.78, 5) is 0. The van der Waals surface area contributed by atoms with Crippen LogP contribution in [0.4, 0.5) is 0 Å². The molecule has 2 atom stereocenters. The Morgan fingerprint density at radius 1 is 0.769 bits per heavy atom. The largest absolute Gasteiger partial charge is 0.354 e. The quantitative estimate of drug-likeness (QED) is 0.519. The molecule has 0 aromatic carbocycles. The number of allylic oxidation sites excluding steroid dienone is 2. The Bertz CT molecular complexity index is 314. The van der Waals surface area contributed by atoms with Crippen LogP contribution in [0.15, 0.2) is 22.3 Å². The fourth-order valence-corrected chi connectivity index (χ4v) is 2.53. The van der Waals surface area contributed by atoms with Crippen LogP contribution in [0, 0.1) is 0 Å². The lowest BCUT2D eigenvalue weighted by Crippen LogP contribution is -2.27. The van der Waals surface area contributed by atoms with Crippen molar-refractivity contribution in [2.45, 2.75) is 52.7 Å². The second-order valence-electron chi connectivity index (χ2n) is 4.67. The Balaban J connectivity index is 2.63. The first-order valence-corrected chi connectivity index (χ1v) is 4.91. The Hall–Kier alpha value is -0.560. The van der Waals surface area contributed by atoms with Gasteiger partial charge in [-0.25, -0.2) is 0 Å². The van der Waals surface area contributed by atoms with Gasteiger partial charge in [0, 0.05) is 0 Å². The number of epoxide rings is 1. The average Bonchev–Trinajstić information content (AvgIpc) is 2.66. The SMILES string of the molecule is CC1=C(C)C2(C)OC2(C)C(C)=C1C. The molecule has 0 spiro atoms. The Kier molecular flexibility index (Phi) is 1.45. The van der Waals surface area contributed by atoms with Gasteiger partial charge in [0.15, 0.2) is 0 Å². The molecule has 1 aliphatic heterocycles. The molecule has 1 fully saturated rings. The van der Waals surface area contributed by atoms with Crippen LogP contribution in [0.2, 0.25) is 0 Å². The van der Waals surface area contributed by atoms with Gasteiger partial charge in [-0.15, -0.1) is 0 Å². The lowest BCUT2D eigenvalue weighted by atomic mass is 9.75. The average molecular weight is 178 g/mol. The van der Waals surface area contributed by atoms with Crippen molar-refractivity contribution in [1.29, 1.82) is 0 Å². The van der Waals surface area contributed by atoms with E-state index in [1.165, 1.54) is 22.3 Å². The summed E-state index contributed by atoms with van der Waals surface area (Å²) in [6.45, 7) is 13.2. The molecule has 0 N–H and O–H groups in total. The van der Waals surface area contributed by atoms with E-state index >= 15 is 0 Å². The molecular formula is C12H18O. The summed E-state index contributed by atoms with van der Waals surface area (Å²) < 4.78 is 5.90. The van der Waals surface area contributed by atoms with Gasteiger partial charge in [-0.05, 0) is 63.8 Å². The van der Waals surface area contributed by atoms with Crippen molar-refractivity contribution >= 4 is 0 Å². The molecule has 1 saturated heterocycles. The Morgan fingerprint density at radius 3 is 1.38 bits per heavy atom. The van der Waals surface area contributed by atoms with Crippen LogP contribution in [-0.4, -0.2) is 11.2 Å². The third-order valence-electron chi connectivity index (χ3n) is 4.40. The van der Waals surface area contributed by atoms with Crippen molar-refractivity contribution in [3.05, 3.63) is 22.3 Å². The molecule has 2 rings (SSSR count). The van der Waals surface area contributed by atoms with Gasteiger partial charge in [-0.3, -0.25) is 0 Å². The van der Waals surface area contributed by atoms with Gasteiger partial charge in [0.1, 0.15) is 11.2 Å². The van der Waals surface area contributed by atoms with Crippen LogP contribution in [0.25, 0.3) is 0 Å². The van der Waals surface area contributed by atoms with Gasteiger partial charge in [0.25, 0.3) is 0 Å². The van der Waals surface area contributed by atoms with E-state index in [1.54, 1.807) is 0 Å². The van der Waals surface area contributed by atoms with E-state index in [4.69, 9.17) is 4.74 Å². The highest BCUT2D eigenvalue weighted by Crippen LogP contribution is 2.60. The van der Waals surface area contributed by atoms with Gasteiger partial charge in [0.05, 0.1) is 0 Å². The molecule has 0 saturated carbocycles. The zero-order chi connectivity index (χ0) is 10.0. The minimum atomic E-state index is -0.0132. The lowest BCUT2D eigenvalue weighted by molar-refractivity contribution is 0.311. The highest BCUT2D eigenvalue weighted by Gasteiger charge is 2.67. The molecular weight excluding hydrogens is 160 g/mol. The van der Waals surface area contributed by atoms with E-state index in [-0.39, 0.29) is 11.2 Å². The number of rotatable bonds is 0. The summed E-state index contributed by atoms with van der Waals surface area (Å²) in [5, 5.41) is 0. The predicted octanol–water partition coefficient (Wildman–Crippen LogP) is 3.22. The van der Waals surface area contributed by atoms with E-state index in [9.17, 15) is 0 Å². The predicted molar refractivity (Wildman–Crippen MR) is 54.6 cm³/mol. The summed E-state index contributed by atoms with van der Waals surface area (Å²) >= 11 is 0. The van der Waals surface area contributed by atoms with Gasteiger partial charge in [0.2, 0.25) is 0 Å². The number of fused-ring (bicyclic) bond motifs is 1. The number of ether oxygens (including phenoxy) is 1. The highest BCUT2D eigenvalue weighted by atomic mass is 16.6. The summed E-state index contributed by atoms with van der Waals surface area (Å²) in [6, 6.07) is 0. The van der Waals surface area contributed by atoms with Gasteiger partial charge in [-0.1, -0.05) is 0 Å². The first-order chi connectivity index (χ1) is 5.84. The normalized spacial score (nSPS) is 43.8. The van der Waals surface area contributed by atoms with Gasteiger partial charge < -0.3 is 4.74 Å². The second kappa shape index (κ2) is 2.09. The summed E-state index contributed by atoms with van der Waals surface area (Å²) in [5.74, 6) is 0. The van der Waals surface area contributed by atoms with Gasteiger partial charge in [-0.2, -0.15) is 0 Å². The first kappa shape index (κ1) is 9.01. The molecule has 1 heterocycles. The van der Waals surface area contributed by atoms with Crippen LogP contribution in [0.1, 0.15) is 41.5 Å². The third kappa shape index (κ3) is 0.768. The standard InChI is InChI=1S/C12H18O/c1-7-8(2)10(4)12(6)11(5,13-12)9(7)3/h1-6H3. The first-order valence-electron chi connectivity index (χ1n) is 4.91. The zero-order valence-corrected chi connectivity index (χ0v) is 9.41. The zero-order valence-electron chi connectivity index (χ0n) is 9.41. The van der Waals surface area contributed by atoms with Crippen LogP contribution >= 0.6 is 0 Å². The monoisotopic (exact) mass is 178 g/mol. The van der Waals surface area contributed by atoms with Crippen molar-refractivity contribution < 1.29 is 4.74 Å². The van der Waals surface area contributed by atoms with Crippen molar-refractivity contribution in [1.82, 2.24) is 0 Å². The van der Waals surface area contributed by atoms with Crippen molar-refractivity contribution in [3.8, 4) is 0 Å². The molecule has 0 aromatic rings. The molecule has 0 bridgehead atoms. The molecule has 13 heavy (non-hydrogen) atoms. The van der Waals surface area contributed by atoms with Crippen LogP contribution in [-0.2, 0) is 4.74 Å². The molecule has 72 valence electrons. The smallest absolute Gasteiger partial charge is 0.120 e. The molecule has 1 heteroatoms. The fourth-order valence-electron chi connectivity index (χ4n) is 2.53. The van der Waals surface area contributed by atoms with Crippen molar-refractivity contribution in [2.75, 3.05) is 0 Å². The maximum Gasteiger partial charge on any atom is 0.120 e. The number of hydrogen-bond acceptors (Lipinski definition) is 1. The number of hydrogen-bond donors (Lipinski definition) is 0. The van der Waals surface area contributed by atoms with E-state index in [2.05, 4.69) is 41.5 Å². The summed E-state index contributed by atoms with van der Waals surface area (Å²) in [7, 11) is 0. The van der Waals surface area contributed by atoms with Crippen molar-refractivity contribution in [2.24, 2.45) is 0 Å². The molecule has 2 aliphatic rings. The van der Waals surface area contributed by atoms with E-state index in [0.717, 1.165) is 0 Å². The second-order valence-corrected chi connectivity index (χ2v) is 4.67. The van der Waals surface area contributed by atoms with E-state index < -0.39 is 0 Å². The minimum Gasteiger partial charge on any atom is -0.354 e. The maximum absolute atomic E-state index is 5.90. The summed E-state index contributed by atoms with van der Waals surface area (Å²) in [6.07, 6.45) is 0. The molecule has 2 unspecified atom stereocenters.